The van der Waals surface area contributed by atoms with Crippen LogP contribution in [0.5, 0.6) is 0 Å². The molecule has 3 aromatic rings. The first-order chi connectivity index (χ1) is 12.1. The highest BCUT2D eigenvalue weighted by atomic mass is 35.5. The highest BCUT2D eigenvalue weighted by Gasteiger charge is 2.10. The maximum atomic E-state index is 11.9. The van der Waals surface area contributed by atoms with Crippen LogP contribution in [0.4, 0.5) is 0 Å². The molecule has 0 atom stereocenters. The molecule has 0 unspecified atom stereocenters. The van der Waals surface area contributed by atoms with Crippen molar-refractivity contribution in [1.29, 1.82) is 0 Å². The molecule has 0 saturated heterocycles. The molecular formula is C18H15Cl2N3O2. The van der Waals surface area contributed by atoms with Gasteiger partial charge in [-0.1, -0.05) is 40.5 Å². The number of aromatic nitrogens is 2. The van der Waals surface area contributed by atoms with E-state index in [4.69, 9.17) is 27.7 Å². The van der Waals surface area contributed by atoms with Crippen molar-refractivity contribution in [1.82, 2.24) is 15.5 Å². The second kappa shape index (κ2) is 8.14. The molecule has 0 aliphatic carbocycles. The van der Waals surface area contributed by atoms with E-state index in [1.165, 1.54) is 0 Å². The highest BCUT2D eigenvalue weighted by molar-refractivity contribution is 6.30. The largest absolute Gasteiger partial charge is 0.352 e. The van der Waals surface area contributed by atoms with Crippen LogP contribution in [0.3, 0.4) is 0 Å². The summed E-state index contributed by atoms with van der Waals surface area (Å²) in [7, 11) is 0. The van der Waals surface area contributed by atoms with Gasteiger partial charge in [-0.3, -0.25) is 4.79 Å². The Bertz CT molecular complexity index is 846. The van der Waals surface area contributed by atoms with E-state index in [2.05, 4.69) is 15.5 Å². The molecule has 1 N–H and O–H groups in total. The molecule has 1 amide bonds. The number of amides is 1. The van der Waals surface area contributed by atoms with Gasteiger partial charge in [0, 0.05) is 35.0 Å². The second-order valence-corrected chi connectivity index (χ2v) is 6.29. The molecule has 0 bridgehead atoms. The average molecular weight is 376 g/mol. The normalized spacial score (nSPS) is 10.6. The summed E-state index contributed by atoms with van der Waals surface area (Å²) in [5.74, 6) is 0.820. The van der Waals surface area contributed by atoms with E-state index >= 15 is 0 Å². The molecule has 2 aromatic carbocycles. The average Bonchev–Trinajstić information content (AvgIpc) is 3.09. The molecule has 128 valence electrons. The Hall–Kier alpha value is -2.37. The van der Waals surface area contributed by atoms with Gasteiger partial charge in [0.25, 0.3) is 0 Å². The van der Waals surface area contributed by atoms with Gasteiger partial charge in [-0.2, -0.15) is 4.98 Å². The summed E-state index contributed by atoms with van der Waals surface area (Å²) in [4.78, 5) is 16.2. The van der Waals surface area contributed by atoms with Crippen molar-refractivity contribution >= 4 is 29.1 Å². The van der Waals surface area contributed by atoms with Crippen LogP contribution in [0.2, 0.25) is 10.0 Å². The van der Waals surface area contributed by atoms with Crippen LogP contribution in [0.1, 0.15) is 17.9 Å². The first-order valence-electron chi connectivity index (χ1n) is 7.70. The lowest BCUT2D eigenvalue weighted by Crippen LogP contribution is -2.23. The van der Waals surface area contributed by atoms with Gasteiger partial charge in [0.1, 0.15) is 0 Å². The van der Waals surface area contributed by atoms with E-state index in [-0.39, 0.29) is 12.3 Å². The second-order valence-electron chi connectivity index (χ2n) is 5.42. The van der Waals surface area contributed by atoms with Crippen molar-refractivity contribution in [3.8, 4) is 11.4 Å². The van der Waals surface area contributed by atoms with Crippen LogP contribution >= 0.6 is 23.2 Å². The van der Waals surface area contributed by atoms with Crippen molar-refractivity contribution in [3.05, 3.63) is 70.0 Å². The smallest absolute Gasteiger partial charge is 0.227 e. The van der Waals surface area contributed by atoms with Crippen LogP contribution in [-0.2, 0) is 17.8 Å². The lowest BCUT2D eigenvalue weighted by molar-refractivity contribution is -0.121. The van der Waals surface area contributed by atoms with Gasteiger partial charge in [-0.25, -0.2) is 0 Å². The number of carbonyl (C=O) groups excluding carboxylic acids is 1. The molecule has 0 spiro atoms. The molecule has 0 radical (unpaired) electrons. The minimum atomic E-state index is -0.0822. The Labute approximate surface area is 155 Å². The number of nitrogens with zero attached hydrogens (tertiary/aromatic N) is 2. The molecule has 25 heavy (non-hydrogen) atoms. The van der Waals surface area contributed by atoms with Crippen LogP contribution < -0.4 is 5.32 Å². The zero-order chi connectivity index (χ0) is 17.6. The summed E-state index contributed by atoms with van der Waals surface area (Å²) < 4.78 is 5.19. The number of aryl methyl sites for hydroxylation is 1. The van der Waals surface area contributed by atoms with Gasteiger partial charge >= 0.3 is 0 Å². The van der Waals surface area contributed by atoms with Crippen molar-refractivity contribution in [2.75, 3.05) is 0 Å². The standard InChI is InChI=1S/C18H15Cl2N3O2/c19-14-5-1-12(2-6-14)11-21-16(24)9-10-17-22-18(23-25-17)13-3-7-15(20)8-4-13/h1-8H,9-11H2,(H,21,24). The molecule has 0 aliphatic rings. The lowest BCUT2D eigenvalue weighted by Gasteiger charge is -2.04. The Kier molecular flexibility index (Phi) is 5.68. The zero-order valence-corrected chi connectivity index (χ0v) is 14.7. The van der Waals surface area contributed by atoms with Crippen LogP contribution in [-0.4, -0.2) is 16.0 Å². The van der Waals surface area contributed by atoms with E-state index in [9.17, 15) is 4.79 Å². The van der Waals surface area contributed by atoms with Gasteiger partial charge in [-0.15, -0.1) is 0 Å². The maximum Gasteiger partial charge on any atom is 0.227 e. The summed E-state index contributed by atoms with van der Waals surface area (Å²) in [6.07, 6.45) is 0.656. The quantitative estimate of drug-likeness (QED) is 0.697. The Morgan fingerprint density at radius 3 is 2.32 bits per heavy atom. The first-order valence-corrected chi connectivity index (χ1v) is 8.45. The third-order valence-corrected chi connectivity index (χ3v) is 4.04. The molecule has 5 nitrogen and oxygen atoms in total. The van der Waals surface area contributed by atoms with Crippen LogP contribution in [0.25, 0.3) is 11.4 Å². The van der Waals surface area contributed by atoms with E-state index in [0.29, 0.717) is 34.7 Å². The molecule has 0 aliphatic heterocycles. The first kappa shape index (κ1) is 17.5. The van der Waals surface area contributed by atoms with Gasteiger partial charge in [0.05, 0.1) is 0 Å². The topological polar surface area (TPSA) is 68.0 Å². The Morgan fingerprint density at radius 1 is 1.00 bits per heavy atom. The van der Waals surface area contributed by atoms with Crippen molar-refractivity contribution < 1.29 is 9.32 Å². The third-order valence-electron chi connectivity index (χ3n) is 3.54. The predicted octanol–water partition coefficient (Wildman–Crippen LogP) is 4.29. The number of carbonyl (C=O) groups is 1. The summed E-state index contributed by atoms with van der Waals surface area (Å²) in [5.41, 5.74) is 1.80. The Morgan fingerprint density at radius 2 is 1.64 bits per heavy atom. The molecule has 0 fully saturated rings. The van der Waals surface area contributed by atoms with E-state index in [0.717, 1.165) is 11.1 Å². The monoisotopic (exact) mass is 375 g/mol. The van der Waals surface area contributed by atoms with Gasteiger partial charge in [0.15, 0.2) is 0 Å². The number of halogens is 2. The van der Waals surface area contributed by atoms with E-state index in [1.807, 2.05) is 24.3 Å². The maximum absolute atomic E-state index is 11.9. The predicted molar refractivity (Wildman–Crippen MR) is 96.4 cm³/mol. The summed E-state index contributed by atoms with van der Waals surface area (Å²) in [5, 5.41) is 8.08. The number of nitrogens with one attached hydrogen (secondary N) is 1. The van der Waals surface area contributed by atoms with Crippen molar-refractivity contribution in [3.63, 3.8) is 0 Å². The zero-order valence-electron chi connectivity index (χ0n) is 13.2. The van der Waals surface area contributed by atoms with Gasteiger partial charge < -0.3 is 9.84 Å². The number of hydrogen-bond acceptors (Lipinski definition) is 4. The molecular weight excluding hydrogens is 361 g/mol. The fourth-order valence-electron chi connectivity index (χ4n) is 2.18. The summed E-state index contributed by atoms with van der Waals surface area (Å²) in [6.45, 7) is 0.454. The minimum absolute atomic E-state index is 0.0822. The summed E-state index contributed by atoms with van der Waals surface area (Å²) in [6, 6.07) is 14.5. The van der Waals surface area contributed by atoms with Crippen molar-refractivity contribution in [2.24, 2.45) is 0 Å². The molecule has 3 rings (SSSR count). The van der Waals surface area contributed by atoms with Crippen LogP contribution in [0.15, 0.2) is 53.1 Å². The SMILES string of the molecule is O=C(CCc1nc(-c2ccc(Cl)cc2)no1)NCc1ccc(Cl)cc1. The molecule has 0 saturated carbocycles. The van der Waals surface area contributed by atoms with E-state index < -0.39 is 0 Å². The molecule has 1 heterocycles. The van der Waals surface area contributed by atoms with Crippen LogP contribution in [0, 0.1) is 0 Å². The molecule has 1 aromatic heterocycles. The highest BCUT2D eigenvalue weighted by Crippen LogP contribution is 2.19. The fourth-order valence-corrected chi connectivity index (χ4v) is 2.44. The van der Waals surface area contributed by atoms with Gasteiger partial charge in [-0.05, 0) is 42.0 Å². The van der Waals surface area contributed by atoms with E-state index in [1.54, 1.807) is 24.3 Å². The Balaban J connectivity index is 1.49. The number of rotatable bonds is 6. The third kappa shape index (κ3) is 5.05. The lowest BCUT2D eigenvalue weighted by atomic mass is 10.2. The molecule has 7 heteroatoms. The van der Waals surface area contributed by atoms with Gasteiger partial charge in [0.2, 0.25) is 17.6 Å². The summed E-state index contributed by atoms with van der Waals surface area (Å²) >= 11 is 11.7. The number of benzene rings is 2. The fraction of sp³-hybridized carbons (Fsp3) is 0.167. The number of hydrogen-bond donors (Lipinski definition) is 1. The van der Waals surface area contributed by atoms with Crippen molar-refractivity contribution in [2.45, 2.75) is 19.4 Å². The minimum Gasteiger partial charge on any atom is -0.352 e.